The zero-order chi connectivity index (χ0) is 14.4. The fraction of sp³-hybridized carbons (Fsp3) is 0.909. The molecule has 3 N–H and O–H groups in total. The van der Waals surface area contributed by atoms with Gasteiger partial charge in [-0.1, -0.05) is 0 Å². The average Bonchev–Trinajstić information content (AvgIpc) is 2.11. The molecule has 18 heavy (non-hydrogen) atoms. The fourth-order valence-corrected chi connectivity index (χ4v) is 1.31. The third-order valence-electron chi connectivity index (χ3n) is 2.40. The van der Waals surface area contributed by atoms with E-state index in [2.05, 4.69) is 10.2 Å². The molecule has 0 bridgehead atoms. The molecule has 0 radical (unpaired) electrons. The summed E-state index contributed by atoms with van der Waals surface area (Å²) in [5, 5.41) is 12.0. The van der Waals surface area contributed by atoms with Crippen molar-refractivity contribution >= 4 is 5.91 Å². The first-order valence-corrected chi connectivity index (χ1v) is 5.89. The standard InChI is InChI=1S/C11H23N3O4/c1-10(2,12)6-5-9(15)13-11(3,4)7-8-18-14(16)17/h5-8,12H2,1-4H3,(H,13,15). The number of carbonyl (C=O) groups is 1. The zero-order valence-corrected chi connectivity index (χ0v) is 11.5. The largest absolute Gasteiger partial charge is 0.351 e. The Morgan fingerprint density at radius 2 is 1.89 bits per heavy atom. The Morgan fingerprint density at radius 3 is 2.33 bits per heavy atom. The van der Waals surface area contributed by atoms with Crippen molar-refractivity contribution in [1.82, 2.24) is 5.32 Å². The second kappa shape index (κ2) is 6.53. The summed E-state index contributed by atoms with van der Waals surface area (Å²) >= 11 is 0. The molecule has 1 amide bonds. The van der Waals surface area contributed by atoms with Crippen LogP contribution in [-0.2, 0) is 9.63 Å². The Labute approximate surface area is 107 Å². The molecule has 0 aliphatic heterocycles. The Kier molecular flexibility index (Phi) is 6.04. The number of nitrogens with two attached hydrogens (primary N) is 1. The molecule has 106 valence electrons. The minimum atomic E-state index is -0.838. The van der Waals surface area contributed by atoms with Gasteiger partial charge in [0.05, 0.1) is 6.61 Å². The Hall–Kier alpha value is -1.37. The van der Waals surface area contributed by atoms with Crippen molar-refractivity contribution in [3.05, 3.63) is 10.1 Å². The lowest BCUT2D eigenvalue weighted by molar-refractivity contribution is -0.758. The third kappa shape index (κ3) is 9.83. The van der Waals surface area contributed by atoms with Crippen molar-refractivity contribution in [2.75, 3.05) is 6.61 Å². The quantitative estimate of drug-likeness (QED) is 0.500. The Balaban J connectivity index is 3.99. The van der Waals surface area contributed by atoms with Crippen LogP contribution in [0.25, 0.3) is 0 Å². The molecule has 0 aliphatic rings. The average molecular weight is 261 g/mol. The van der Waals surface area contributed by atoms with E-state index in [-0.39, 0.29) is 18.1 Å². The lowest BCUT2D eigenvalue weighted by Gasteiger charge is -2.27. The van der Waals surface area contributed by atoms with Crippen LogP contribution in [0.3, 0.4) is 0 Å². The minimum absolute atomic E-state index is 0.0390. The Morgan fingerprint density at radius 1 is 1.33 bits per heavy atom. The van der Waals surface area contributed by atoms with E-state index in [9.17, 15) is 14.9 Å². The first kappa shape index (κ1) is 16.6. The number of nitrogens with one attached hydrogen (secondary N) is 1. The van der Waals surface area contributed by atoms with E-state index in [0.29, 0.717) is 19.3 Å². The first-order chi connectivity index (χ1) is 8.02. The minimum Gasteiger partial charge on any atom is -0.351 e. The van der Waals surface area contributed by atoms with Crippen molar-refractivity contribution in [3.8, 4) is 0 Å². The molecule has 0 aromatic carbocycles. The van der Waals surface area contributed by atoms with E-state index in [1.807, 2.05) is 13.8 Å². The molecule has 0 aromatic rings. The number of rotatable bonds is 8. The summed E-state index contributed by atoms with van der Waals surface area (Å²) in [5.41, 5.74) is 4.87. The highest BCUT2D eigenvalue weighted by Gasteiger charge is 2.22. The van der Waals surface area contributed by atoms with Crippen LogP contribution in [-0.4, -0.2) is 28.7 Å². The van der Waals surface area contributed by atoms with Crippen LogP contribution < -0.4 is 11.1 Å². The van der Waals surface area contributed by atoms with Crippen LogP contribution in [0, 0.1) is 10.1 Å². The van der Waals surface area contributed by atoms with Gasteiger partial charge in [-0.05, 0) is 40.5 Å². The van der Waals surface area contributed by atoms with Crippen LogP contribution in [0.4, 0.5) is 0 Å². The summed E-state index contributed by atoms with van der Waals surface area (Å²) < 4.78 is 0. The van der Waals surface area contributed by atoms with E-state index in [4.69, 9.17) is 5.73 Å². The third-order valence-corrected chi connectivity index (χ3v) is 2.40. The normalized spacial score (nSPS) is 12.1. The molecule has 0 aliphatic carbocycles. The van der Waals surface area contributed by atoms with Gasteiger partial charge in [0.15, 0.2) is 0 Å². The molecule has 7 heteroatoms. The van der Waals surface area contributed by atoms with Gasteiger partial charge >= 0.3 is 0 Å². The maximum Gasteiger partial charge on any atom is 0.294 e. The van der Waals surface area contributed by atoms with E-state index in [1.165, 1.54) is 0 Å². The van der Waals surface area contributed by atoms with E-state index >= 15 is 0 Å². The van der Waals surface area contributed by atoms with E-state index in [1.54, 1.807) is 13.8 Å². The van der Waals surface area contributed by atoms with Crippen molar-refractivity contribution in [2.45, 2.75) is 58.0 Å². The number of hydrogen-bond acceptors (Lipinski definition) is 5. The lowest BCUT2D eigenvalue weighted by Crippen LogP contribution is -2.45. The van der Waals surface area contributed by atoms with Gasteiger partial charge in [-0.3, -0.25) is 4.79 Å². The predicted octanol–water partition coefficient (Wildman–Crippen LogP) is 0.997. The van der Waals surface area contributed by atoms with Crippen LogP contribution >= 0.6 is 0 Å². The van der Waals surface area contributed by atoms with Crippen LogP contribution in [0.5, 0.6) is 0 Å². The maximum absolute atomic E-state index is 11.7. The second-order valence-corrected chi connectivity index (χ2v) is 5.73. The predicted molar refractivity (Wildman–Crippen MR) is 67.3 cm³/mol. The highest BCUT2D eigenvalue weighted by Crippen LogP contribution is 2.11. The lowest BCUT2D eigenvalue weighted by atomic mass is 9.97. The smallest absolute Gasteiger partial charge is 0.294 e. The summed E-state index contributed by atoms with van der Waals surface area (Å²) in [6.45, 7) is 7.26. The molecular weight excluding hydrogens is 238 g/mol. The molecule has 7 nitrogen and oxygen atoms in total. The van der Waals surface area contributed by atoms with Gasteiger partial charge in [-0.2, -0.15) is 0 Å². The summed E-state index contributed by atoms with van der Waals surface area (Å²) in [6.07, 6.45) is 1.29. The van der Waals surface area contributed by atoms with Gasteiger partial charge in [-0.25, -0.2) is 0 Å². The van der Waals surface area contributed by atoms with Crippen LogP contribution in [0.1, 0.15) is 47.0 Å². The van der Waals surface area contributed by atoms with Gasteiger partial charge in [0, 0.05) is 17.5 Å². The highest BCUT2D eigenvalue weighted by molar-refractivity contribution is 5.76. The summed E-state index contributed by atoms with van der Waals surface area (Å²) in [6, 6.07) is 0. The molecule has 0 aromatic heterocycles. The van der Waals surface area contributed by atoms with Crippen molar-refractivity contribution in [2.24, 2.45) is 5.73 Å². The van der Waals surface area contributed by atoms with Crippen LogP contribution in [0.2, 0.25) is 0 Å². The summed E-state index contributed by atoms with van der Waals surface area (Å²) in [5.74, 6) is -0.111. The summed E-state index contributed by atoms with van der Waals surface area (Å²) in [7, 11) is 0. The molecule has 0 heterocycles. The van der Waals surface area contributed by atoms with Gasteiger partial charge in [0.2, 0.25) is 5.91 Å². The molecule has 0 fully saturated rings. The topological polar surface area (TPSA) is 107 Å². The SMILES string of the molecule is CC(C)(N)CCC(=O)NC(C)(C)CCO[N+](=O)[O-]. The van der Waals surface area contributed by atoms with E-state index in [0.717, 1.165) is 0 Å². The molecule has 0 saturated heterocycles. The molecule has 0 atom stereocenters. The molecular formula is C11H23N3O4. The Bertz CT molecular complexity index is 297. The molecule has 0 spiro atoms. The zero-order valence-electron chi connectivity index (χ0n) is 11.5. The summed E-state index contributed by atoms with van der Waals surface area (Å²) in [4.78, 5) is 25.9. The number of hydrogen-bond donors (Lipinski definition) is 2. The molecule has 0 rings (SSSR count). The second-order valence-electron chi connectivity index (χ2n) is 5.73. The van der Waals surface area contributed by atoms with Gasteiger partial charge in [-0.15, -0.1) is 10.1 Å². The van der Waals surface area contributed by atoms with Crippen molar-refractivity contribution in [3.63, 3.8) is 0 Å². The van der Waals surface area contributed by atoms with E-state index < -0.39 is 10.6 Å². The number of nitrogens with zero attached hydrogens (tertiary/aromatic N) is 1. The maximum atomic E-state index is 11.7. The fourth-order valence-electron chi connectivity index (χ4n) is 1.31. The molecule has 0 unspecified atom stereocenters. The van der Waals surface area contributed by atoms with Crippen LogP contribution in [0.15, 0.2) is 0 Å². The van der Waals surface area contributed by atoms with Gasteiger partial charge < -0.3 is 15.9 Å². The monoisotopic (exact) mass is 261 g/mol. The van der Waals surface area contributed by atoms with Crippen molar-refractivity contribution < 1.29 is 14.7 Å². The number of carbonyl (C=O) groups excluding carboxylic acids is 1. The van der Waals surface area contributed by atoms with Gasteiger partial charge in [0.1, 0.15) is 0 Å². The van der Waals surface area contributed by atoms with Crippen molar-refractivity contribution in [1.29, 1.82) is 0 Å². The highest BCUT2D eigenvalue weighted by atomic mass is 16.9. The molecule has 0 saturated carbocycles. The number of amides is 1. The van der Waals surface area contributed by atoms with Gasteiger partial charge in [0.25, 0.3) is 5.09 Å². The first-order valence-electron chi connectivity index (χ1n) is 5.89.